The quantitative estimate of drug-likeness (QED) is 0.901. The fraction of sp³-hybridized carbons (Fsp3) is 0.692. The van der Waals surface area contributed by atoms with Gasteiger partial charge in [0.15, 0.2) is 0 Å². The molecule has 3 saturated heterocycles. The first-order valence-electron chi connectivity index (χ1n) is 6.64. The summed E-state index contributed by atoms with van der Waals surface area (Å²) in [6.07, 6.45) is 0. The minimum Gasteiger partial charge on any atom is -0.481 e. The molecule has 0 aromatic carbocycles. The maximum atomic E-state index is 11.3. The molecule has 1 aromatic rings. The number of carboxylic acids is 1. The number of aromatic nitrogens is 1. The molecule has 104 valence electrons. The molecule has 3 aliphatic rings. The van der Waals surface area contributed by atoms with Gasteiger partial charge in [-0.05, 0) is 13.8 Å². The van der Waals surface area contributed by atoms with Gasteiger partial charge in [0.25, 0.3) is 0 Å². The fourth-order valence-corrected chi connectivity index (χ4v) is 3.80. The Morgan fingerprint density at radius 2 is 2.11 bits per heavy atom. The lowest BCUT2D eigenvalue weighted by molar-refractivity contribution is -0.142. The van der Waals surface area contributed by atoms with Crippen LogP contribution in [0.25, 0.3) is 0 Å². The molecular formula is C13H19N3O2S. The molecule has 3 fully saturated rings. The van der Waals surface area contributed by atoms with E-state index >= 15 is 0 Å². The number of nitrogens with zero attached hydrogens (tertiary/aromatic N) is 3. The second-order valence-electron chi connectivity index (χ2n) is 5.85. The van der Waals surface area contributed by atoms with Crippen molar-refractivity contribution in [3.63, 3.8) is 0 Å². The maximum absolute atomic E-state index is 11.3. The highest BCUT2D eigenvalue weighted by molar-refractivity contribution is 7.09. The van der Waals surface area contributed by atoms with Crippen molar-refractivity contribution in [2.45, 2.75) is 25.3 Å². The Morgan fingerprint density at radius 3 is 2.63 bits per heavy atom. The molecule has 0 radical (unpaired) electrons. The van der Waals surface area contributed by atoms with Crippen LogP contribution >= 0.6 is 11.3 Å². The van der Waals surface area contributed by atoms with Gasteiger partial charge in [-0.25, -0.2) is 4.98 Å². The summed E-state index contributed by atoms with van der Waals surface area (Å²) in [5.41, 5.74) is -0.226. The van der Waals surface area contributed by atoms with Gasteiger partial charge in [0, 0.05) is 38.1 Å². The predicted octanol–water partition coefficient (Wildman–Crippen LogP) is 1.18. The Balaban J connectivity index is 1.84. The third-order valence-corrected chi connectivity index (χ3v) is 5.21. The number of carbonyl (C=O) groups is 1. The zero-order valence-corrected chi connectivity index (χ0v) is 12.1. The molecule has 1 aromatic heterocycles. The van der Waals surface area contributed by atoms with Gasteiger partial charge in [0.1, 0.15) is 10.4 Å². The minimum atomic E-state index is -0.905. The van der Waals surface area contributed by atoms with Crippen LogP contribution in [-0.4, -0.2) is 58.6 Å². The van der Waals surface area contributed by atoms with Crippen LogP contribution in [0.4, 0.5) is 0 Å². The second kappa shape index (κ2) is 4.54. The molecule has 5 nitrogen and oxygen atoms in total. The smallest absolute Gasteiger partial charge is 0.315 e. The van der Waals surface area contributed by atoms with Gasteiger partial charge in [-0.2, -0.15) is 0 Å². The Bertz CT molecular complexity index is 492. The van der Waals surface area contributed by atoms with Gasteiger partial charge in [0.05, 0.1) is 11.7 Å². The summed E-state index contributed by atoms with van der Waals surface area (Å²) in [6.45, 7) is 8.95. The lowest BCUT2D eigenvalue weighted by Crippen LogP contribution is -2.56. The summed E-state index contributed by atoms with van der Waals surface area (Å²) in [7, 11) is 0. The van der Waals surface area contributed by atoms with Crippen LogP contribution in [0.1, 0.15) is 30.6 Å². The van der Waals surface area contributed by atoms with Gasteiger partial charge in [-0.1, -0.05) is 0 Å². The lowest BCUT2D eigenvalue weighted by Gasteiger charge is -2.46. The first-order valence-corrected chi connectivity index (χ1v) is 7.52. The number of rotatable bonds is 3. The van der Waals surface area contributed by atoms with Crippen LogP contribution in [0.2, 0.25) is 0 Å². The number of piperazine rings is 3. The van der Waals surface area contributed by atoms with Crippen molar-refractivity contribution in [1.29, 1.82) is 0 Å². The Kier molecular flexibility index (Phi) is 3.11. The fourth-order valence-electron chi connectivity index (χ4n) is 2.69. The highest BCUT2D eigenvalue weighted by Crippen LogP contribution is 2.33. The van der Waals surface area contributed by atoms with Crippen molar-refractivity contribution >= 4 is 17.3 Å². The van der Waals surface area contributed by atoms with Gasteiger partial charge >= 0.3 is 5.97 Å². The van der Waals surface area contributed by atoms with Crippen molar-refractivity contribution < 1.29 is 9.90 Å². The summed E-state index contributed by atoms with van der Waals surface area (Å²) in [5, 5.41) is 12.2. The molecule has 1 N–H and O–H groups in total. The van der Waals surface area contributed by atoms with E-state index in [9.17, 15) is 9.90 Å². The van der Waals surface area contributed by atoms with Crippen LogP contribution in [0.15, 0.2) is 5.38 Å². The predicted molar refractivity (Wildman–Crippen MR) is 73.5 cm³/mol. The third kappa shape index (κ3) is 2.17. The summed E-state index contributed by atoms with van der Waals surface area (Å²) < 4.78 is 0. The monoisotopic (exact) mass is 281 g/mol. The highest BCUT2D eigenvalue weighted by atomic mass is 32.1. The molecule has 0 amide bonds. The zero-order chi connectivity index (χ0) is 13.6. The molecule has 4 rings (SSSR count). The van der Waals surface area contributed by atoms with Gasteiger partial charge < -0.3 is 5.11 Å². The van der Waals surface area contributed by atoms with Crippen LogP contribution < -0.4 is 0 Å². The van der Waals surface area contributed by atoms with Gasteiger partial charge in [-0.3, -0.25) is 14.6 Å². The lowest BCUT2D eigenvalue weighted by atomic mass is 9.90. The summed E-state index contributed by atoms with van der Waals surface area (Å²) >= 11 is 1.60. The highest BCUT2D eigenvalue weighted by Gasteiger charge is 2.37. The maximum Gasteiger partial charge on any atom is 0.315 e. The molecule has 3 aliphatic heterocycles. The molecule has 0 spiro atoms. The van der Waals surface area contributed by atoms with Crippen LogP contribution in [-0.2, 0) is 10.2 Å². The average Bonchev–Trinajstić information content (AvgIpc) is 2.90. The number of fused-ring (bicyclic) bond motifs is 3. The van der Waals surface area contributed by atoms with Crippen molar-refractivity contribution in [3.05, 3.63) is 16.1 Å². The largest absolute Gasteiger partial charge is 0.481 e. The molecular weight excluding hydrogens is 262 g/mol. The Labute approximate surface area is 116 Å². The molecule has 6 heteroatoms. The second-order valence-corrected chi connectivity index (χ2v) is 6.74. The molecule has 1 atom stereocenters. The van der Waals surface area contributed by atoms with E-state index in [0.29, 0.717) is 11.7 Å². The average molecular weight is 281 g/mol. The Morgan fingerprint density at radius 1 is 1.42 bits per heavy atom. The zero-order valence-electron chi connectivity index (χ0n) is 11.3. The van der Waals surface area contributed by atoms with E-state index < -0.39 is 11.4 Å². The van der Waals surface area contributed by atoms with E-state index in [1.54, 1.807) is 25.2 Å². The van der Waals surface area contributed by atoms with E-state index in [1.165, 1.54) is 0 Å². The van der Waals surface area contributed by atoms with Crippen molar-refractivity contribution in [2.75, 3.05) is 32.7 Å². The first kappa shape index (κ1) is 13.0. The van der Waals surface area contributed by atoms with Crippen molar-refractivity contribution in [3.8, 4) is 0 Å². The first-order chi connectivity index (χ1) is 8.98. The molecule has 2 bridgehead atoms. The molecule has 0 aliphatic carbocycles. The van der Waals surface area contributed by atoms with Crippen LogP contribution in [0, 0.1) is 0 Å². The van der Waals surface area contributed by atoms with E-state index in [4.69, 9.17) is 0 Å². The normalized spacial score (nSPS) is 30.5. The summed E-state index contributed by atoms with van der Waals surface area (Å²) in [4.78, 5) is 20.8. The number of carboxylic acid groups (broad SMARTS) is 1. The van der Waals surface area contributed by atoms with E-state index in [-0.39, 0.29) is 0 Å². The number of hydrogen-bond acceptors (Lipinski definition) is 5. The number of hydrogen-bond donors (Lipinski definition) is 1. The van der Waals surface area contributed by atoms with Crippen molar-refractivity contribution in [1.82, 2.24) is 14.8 Å². The molecule has 0 saturated carbocycles. The molecule has 4 heterocycles. The Hall–Kier alpha value is -0.980. The number of aliphatic carboxylic acids is 1. The van der Waals surface area contributed by atoms with E-state index in [2.05, 4.69) is 14.8 Å². The van der Waals surface area contributed by atoms with Gasteiger partial charge in [-0.15, -0.1) is 11.3 Å². The van der Waals surface area contributed by atoms with E-state index in [0.717, 1.165) is 37.7 Å². The molecule has 19 heavy (non-hydrogen) atoms. The van der Waals surface area contributed by atoms with Gasteiger partial charge in [0.2, 0.25) is 0 Å². The summed E-state index contributed by atoms with van der Waals surface area (Å²) in [6, 6.07) is 0.353. The molecule has 1 unspecified atom stereocenters. The third-order valence-electron chi connectivity index (χ3n) is 4.26. The van der Waals surface area contributed by atoms with Crippen molar-refractivity contribution in [2.24, 2.45) is 0 Å². The van der Waals surface area contributed by atoms with Crippen LogP contribution in [0.5, 0.6) is 0 Å². The number of thiazole rings is 1. The SMILES string of the molecule is CC(C)(C(=O)O)c1csc(C2CN3CCN2CC3)n1. The summed E-state index contributed by atoms with van der Waals surface area (Å²) in [5.74, 6) is -0.821. The topological polar surface area (TPSA) is 56.7 Å². The minimum absolute atomic E-state index is 0.353. The standard InChI is InChI=1S/C13H19N3O2S/c1-13(2,12(17)18)10-8-19-11(14-10)9-7-15-3-5-16(9)6-4-15/h8-9H,3-7H2,1-2H3,(H,17,18). The van der Waals surface area contributed by atoms with E-state index in [1.807, 2.05) is 5.38 Å². The van der Waals surface area contributed by atoms with Crippen LogP contribution in [0.3, 0.4) is 0 Å².